The number of rotatable bonds is 10. The molecular weight excluding hydrogens is 388 g/mol. The zero-order chi connectivity index (χ0) is 21.3. The Kier molecular flexibility index (Phi) is 9.25. The van der Waals surface area contributed by atoms with Gasteiger partial charge in [-0.25, -0.2) is 0 Å². The number of thiol groups is 1. The van der Waals surface area contributed by atoms with Gasteiger partial charge in [0.05, 0.1) is 6.04 Å². The Bertz CT molecular complexity index is 710. The average molecular weight is 412 g/mol. The molecule has 0 aliphatic rings. The lowest BCUT2D eigenvalue weighted by atomic mass is 10.0. The molecular formula is C17H24N4O6S. The number of amides is 3. The van der Waals surface area contributed by atoms with Crippen molar-refractivity contribution in [1.29, 1.82) is 0 Å². The summed E-state index contributed by atoms with van der Waals surface area (Å²) in [5, 5.41) is 25.1. The summed E-state index contributed by atoms with van der Waals surface area (Å²) in [4.78, 5) is 47.1. The molecule has 3 atom stereocenters. The highest BCUT2D eigenvalue weighted by molar-refractivity contribution is 7.80. The van der Waals surface area contributed by atoms with Gasteiger partial charge in [-0.05, 0) is 24.6 Å². The molecule has 154 valence electrons. The number of carbonyl (C=O) groups excluding carboxylic acids is 3. The van der Waals surface area contributed by atoms with Crippen LogP contribution in [-0.4, -0.2) is 64.3 Å². The number of nitrogens with two attached hydrogens (primary N) is 1. The van der Waals surface area contributed by atoms with E-state index in [1.54, 1.807) is 12.1 Å². The third kappa shape index (κ3) is 7.84. The molecule has 0 heterocycles. The van der Waals surface area contributed by atoms with E-state index in [2.05, 4.69) is 28.6 Å². The van der Waals surface area contributed by atoms with Crippen molar-refractivity contribution in [3.63, 3.8) is 0 Å². The Balaban J connectivity index is 2.89. The average Bonchev–Trinajstić information content (AvgIpc) is 2.64. The van der Waals surface area contributed by atoms with Crippen LogP contribution in [0.15, 0.2) is 24.3 Å². The number of phenolic OH excluding ortho intramolecular Hbond substituents is 1. The summed E-state index contributed by atoms with van der Waals surface area (Å²) in [6.07, 6.45) is 0.0839. The maximum atomic E-state index is 12.6. The van der Waals surface area contributed by atoms with E-state index in [1.165, 1.54) is 19.1 Å². The monoisotopic (exact) mass is 412 g/mol. The van der Waals surface area contributed by atoms with Gasteiger partial charge in [-0.2, -0.15) is 12.6 Å². The molecule has 1 aromatic carbocycles. The van der Waals surface area contributed by atoms with E-state index in [0.29, 0.717) is 5.56 Å². The minimum atomic E-state index is -1.23. The number of nitrogens with one attached hydrogen (secondary N) is 3. The first-order valence-corrected chi connectivity index (χ1v) is 9.01. The summed E-state index contributed by atoms with van der Waals surface area (Å²) >= 11 is 4.00. The van der Waals surface area contributed by atoms with Crippen LogP contribution in [0.4, 0.5) is 0 Å². The number of hydrogen-bond donors (Lipinski definition) is 7. The van der Waals surface area contributed by atoms with E-state index in [9.17, 15) is 24.3 Å². The van der Waals surface area contributed by atoms with Crippen LogP contribution >= 0.6 is 12.6 Å². The molecule has 7 N–H and O–H groups in total. The SMILES string of the molecule is CC(N)C(=O)NC(Cc1ccc(O)cc1)C(=O)NC(CS)C(=O)NCC(=O)O. The van der Waals surface area contributed by atoms with Gasteiger partial charge in [-0.15, -0.1) is 0 Å². The van der Waals surface area contributed by atoms with Crippen LogP contribution in [0.25, 0.3) is 0 Å². The molecule has 0 aromatic heterocycles. The molecule has 0 saturated carbocycles. The maximum Gasteiger partial charge on any atom is 0.322 e. The second kappa shape index (κ2) is 11.1. The maximum absolute atomic E-state index is 12.6. The van der Waals surface area contributed by atoms with Gasteiger partial charge >= 0.3 is 5.97 Å². The Hall–Kier alpha value is -2.79. The second-order valence-electron chi connectivity index (χ2n) is 6.08. The predicted molar refractivity (Wildman–Crippen MR) is 104 cm³/mol. The molecule has 3 amide bonds. The van der Waals surface area contributed by atoms with Crippen molar-refractivity contribution in [2.75, 3.05) is 12.3 Å². The molecule has 0 bridgehead atoms. The van der Waals surface area contributed by atoms with E-state index < -0.39 is 48.4 Å². The second-order valence-corrected chi connectivity index (χ2v) is 6.44. The fraction of sp³-hybridized carbons (Fsp3) is 0.412. The summed E-state index contributed by atoms with van der Waals surface area (Å²) in [7, 11) is 0. The molecule has 11 heteroatoms. The third-order valence-corrected chi connectivity index (χ3v) is 4.02. The molecule has 0 saturated heterocycles. The van der Waals surface area contributed by atoms with Crippen molar-refractivity contribution < 1.29 is 29.4 Å². The van der Waals surface area contributed by atoms with Crippen LogP contribution in [-0.2, 0) is 25.6 Å². The van der Waals surface area contributed by atoms with Crippen molar-refractivity contribution in [3.05, 3.63) is 29.8 Å². The fourth-order valence-corrected chi connectivity index (χ4v) is 2.39. The first kappa shape index (κ1) is 23.2. The van der Waals surface area contributed by atoms with Gasteiger partial charge in [0.15, 0.2) is 0 Å². The molecule has 10 nitrogen and oxygen atoms in total. The van der Waals surface area contributed by atoms with E-state index in [0.717, 1.165) is 0 Å². The Morgan fingerprint density at radius 3 is 2.11 bits per heavy atom. The van der Waals surface area contributed by atoms with Gasteiger partial charge in [-0.3, -0.25) is 19.2 Å². The zero-order valence-electron chi connectivity index (χ0n) is 15.2. The standard InChI is InChI=1S/C17H24N4O6S/c1-9(18)15(25)20-12(6-10-2-4-11(22)5-3-10)17(27)21-13(8-28)16(26)19-7-14(23)24/h2-5,9,12-13,22,28H,6-8,18H2,1H3,(H,19,26)(H,20,25)(H,21,27)(H,23,24). The number of aliphatic carboxylic acids is 1. The molecule has 0 radical (unpaired) electrons. The van der Waals surface area contributed by atoms with Crippen LogP contribution in [0.5, 0.6) is 5.75 Å². The predicted octanol–water partition coefficient (Wildman–Crippen LogP) is -1.62. The number of carboxylic acids is 1. The van der Waals surface area contributed by atoms with Gasteiger partial charge in [0.1, 0.15) is 24.4 Å². The van der Waals surface area contributed by atoms with Gasteiger partial charge in [0.25, 0.3) is 0 Å². The molecule has 3 unspecified atom stereocenters. The number of hydrogen-bond acceptors (Lipinski definition) is 7. The van der Waals surface area contributed by atoms with E-state index in [4.69, 9.17) is 10.8 Å². The van der Waals surface area contributed by atoms with E-state index in [-0.39, 0.29) is 17.9 Å². The zero-order valence-corrected chi connectivity index (χ0v) is 16.1. The van der Waals surface area contributed by atoms with Crippen molar-refractivity contribution in [1.82, 2.24) is 16.0 Å². The number of carboxylic acid groups (broad SMARTS) is 1. The lowest BCUT2D eigenvalue weighted by Gasteiger charge is -2.23. The highest BCUT2D eigenvalue weighted by Crippen LogP contribution is 2.11. The normalized spacial score (nSPS) is 13.7. The minimum absolute atomic E-state index is 0.0506. The summed E-state index contributed by atoms with van der Waals surface area (Å²) in [5.41, 5.74) is 6.19. The topological polar surface area (TPSA) is 171 Å². The van der Waals surface area contributed by atoms with Gasteiger partial charge in [0, 0.05) is 12.2 Å². The largest absolute Gasteiger partial charge is 0.508 e. The highest BCUT2D eigenvalue weighted by Gasteiger charge is 2.27. The van der Waals surface area contributed by atoms with E-state index >= 15 is 0 Å². The molecule has 0 aliphatic carbocycles. The van der Waals surface area contributed by atoms with Gasteiger partial charge < -0.3 is 31.9 Å². The first-order valence-electron chi connectivity index (χ1n) is 8.38. The Labute approximate surface area is 167 Å². The summed E-state index contributed by atoms with van der Waals surface area (Å²) in [6, 6.07) is 3.06. The Morgan fingerprint density at radius 1 is 1.04 bits per heavy atom. The highest BCUT2D eigenvalue weighted by atomic mass is 32.1. The molecule has 1 aromatic rings. The van der Waals surface area contributed by atoms with Crippen LogP contribution in [0.1, 0.15) is 12.5 Å². The van der Waals surface area contributed by atoms with Crippen molar-refractivity contribution >= 4 is 36.3 Å². The first-order chi connectivity index (χ1) is 13.1. The molecule has 28 heavy (non-hydrogen) atoms. The lowest BCUT2D eigenvalue weighted by Crippen LogP contribution is -2.56. The van der Waals surface area contributed by atoms with Crippen molar-refractivity contribution in [2.24, 2.45) is 5.73 Å². The Morgan fingerprint density at radius 2 is 1.61 bits per heavy atom. The number of carbonyl (C=O) groups is 4. The van der Waals surface area contributed by atoms with Crippen molar-refractivity contribution in [3.8, 4) is 5.75 Å². The lowest BCUT2D eigenvalue weighted by molar-refractivity contribution is -0.138. The van der Waals surface area contributed by atoms with Gasteiger partial charge in [0.2, 0.25) is 17.7 Å². The van der Waals surface area contributed by atoms with E-state index in [1.807, 2.05) is 0 Å². The van der Waals surface area contributed by atoms with Crippen molar-refractivity contribution in [2.45, 2.75) is 31.5 Å². The van der Waals surface area contributed by atoms with Crippen LogP contribution in [0.3, 0.4) is 0 Å². The van der Waals surface area contributed by atoms with Crippen LogP contribution < -0.4 is 21.7 Å². The summed E-state index contributed by atoms with van der Waals surface area (Å²) in [6.45, 7) is 0.859. The summed E-state index contributed by atoms with van der Waals surface area (Å²) in [5.74, 6) is -3.19. The quantitative estimate of drug-likeness (QED) is 0.226. The number of phenols is 1. The number of aromatic hydroxyl groups is 1. The number of benzene rings is 1. The fourth-order valence-electron chi connectivity index (χ4n) is 2.13. The molecule has 0 fully saturated rings. The van der Waals surface area contributed by atoms with Crippen LogP contribution in [0.2, 0.25) is 0 Å². The minimum Gasteiger partial charge on any atom is -0.508 e. The smallest absolute Gasteiger partial charge is 0.322 e. The van der Waals surface area contributed by atoms with Gasteiger partial charge in [-0.1, -0.05) is 12.1 Å². The van der Waals surface area contributed by atoms with Crippen LogP contribution in [0, 0.1) is 0 Å². The molecule has 0 spiro atoms. The summed E-state index contributed by atoms with van der Waals surface area (Å²) < 4.78 is 0. The molecule has 0 aliphatic heterocycles. The third-order valence-electron chi connectivity index (χ3n) is 3.65. The molecule has 1 rings (SSSR count).